The van der Waals surface area contributed by atoms with E-state index in [0.717, 1.165) is 50.0 Å². The molecule has 0 aliphatic heterocycles. The first-order chi connectivity index (χ1) is 14.9. The van der Waals surface area contributed by atoms with Gasteiger partial charge >= 0.3 is 0 Å². The molecule has 0 bridgehead atoms. The smallest absolute Gasteiger partial charge is 0.0732 e. The minimum atomic E-state index is 0.621. The summed E-state index contributed by atoms with van der Waals surface area (Å²) in [6.07, 6.45) is 10.6. The standard InChI is InChI=1S/C25H29N5S/c1-7-9-27-13-18(2)17-31-24(16-26-6)21(5)29-14-22-11-19(3)25(30-15-22)23-8-10-28-20(4)12-23/h7-13,15-16,29H,1,5-6,14,17H2,2-4H3/b18-13+,24-16-,27-9?. The van der Waals surface area contributed by atoms with Crippen LogP contribution in [-0.4, -0.2) is 28.7 Å². The molecule has 2 rings (SSSR count). The number of rotatable bonds is 11. The Morgan fingerprint density at radius 2 is 2.03 bits per heavy atom. The van der Waals surface area contributed by atoms with Crippen LogP contribution in [0.2, 0.25) is 0 Å². The summed E-state index contributed by atoms with van der Waals surface area (Å²) in [5.74, 6) is 0.775. The molecule has 5 nitrogen and oxygen atoms in total. The second kappa shape index (κ2) is 12.4. The molecule has 0 unspecified atom stereocenters. The van der Waals surface area contributed by atoms with E-state index in [1.54, 1.807) is 30.3 Å². The molecule has 0 fully saturated rings. The van der Waals surface area contributed by atoms with Crippen LogP contribution in [0.15, 0.2) is 88.4 Å². The van der Waals surface area contributed by atoms with Crippen LogP contribution in [0.4, 0.5) is 0 Å². The highest BCUT2D eigenvalue weighted by atomic mass is 32.2. The van der Waals surface area contributed by atoms with E-state index in [4.69, 9.17) is 0 Å². The van der Waals surface area contributed by atoms with Crippen molar-refractivity contribution in [1.29, 1.82) is 0 Å². The van der Waals surface area contributed by atoms with Crippen LogP contribution in [0.5, 0.6) is 0 Å². The zero-order valence-electron chi connectivity index (χ0n) is 18.4. The highest BCUT2D eigenvalue weighted by molar-refractivity contribution is 8.03. The van der Waals surface area contributed by atoms with E-state index >= 15 is 0 Å². The predicted molar refractivity (Wildman–Crippen MR) is 135 cm³/mol. The van der Waals surface area contributed by atoms with Crippen molar-refractivity contribution < 1.29 is 0 Å². The molecule has 2 aromatic rings. The van der Waals surface area contributed by atoms with Crippen molar-refractivity contribution in [3.63, 3.8) is 0 Å². The van der Waals surface area contributed by atoms with Crippen LogP contribution in [0.3, 0.4) is 0 Å². The summed E-state index contributed by atoms with van der Waals surface area (Å²) in [6, 6.07) is 6.17. The molecule has 0 amide bonds. The summed E-state index contributed by atoms with van der Waals surface area (Å²) in [7, 11) is 0. The van der Waals surface area contributed by atoms with E-state index < -0.39 is 0 Å². The van der Waals surface area contributed by atoms with Crippen molar-refractivity contribution in [2.75, 3.05) is 5.75 Å². The molecule has 31 heavy (non-hydrogen) atoms. The average molecular weight is 432 g/mol. The van der Waals surface area contributed by atoms with Crippen LogP contribution in [0, 0.1) is 13.8 Å². The van der Waals surface area contributed by atoms with Crippen molar-refractivity contribution in [2.45, 2.75) is 27.3 Å². The zero-order chi connectivity index (χ0) is 22.6. The third kappa shape index (κ3) is 7.83. The zero-order valence-corrected chi connectivity index (χ0v) is 19.2. The molecule has 2 aromatic heterocycles. The lowest BCUT2D eigenvalue weighted by Gasteiger charge is -2.14. The highest BCUT2D eigenvalue weighted by Crippen LogP contribution is 2.25. The minimum absolute atomic E-state index is 0.621. The van der Waals surface area contributed by atoms with Gasteiger partial charge < -0.3 is 5.32 Å². The Bertz CT molecular complexity index is 1030. The lowest BCUT2D eigenvalue weighted by Crippen LogP contribution is -2.13. The Hall–Kier alpha value is -3.25. The van der Waals surface area contributed by atoms with Crippen LogP contribution in [0.25, 0.3) is 11.3 Å². The number of aliphatic imine (C=N–C) groups is 2. The van der Waals surface area contributed by atoms with Crippen molar-refractivity contribution in [2.24, 2.45) is 9.98 Å². The summed E-state index contributed by atoms with van der Waals surface area (Å²) in [4.78, 5) is 17.9. The average Bonchev–Trinajstić information content (AvgIpc) is 2.75. The van der Waals surface area contributed by atoms with Gasteiger partial charge in [-0.25, -0.2) is 0 Å². The maximum atomic E-state index is 4.67. The van der Waals surface area contributed by atoms with Crippen molar-refractivity contribution in [3.8, 4) is 11.3 Å². The number of hydrogen-bond donors (Lipinski definition) is 1. The fourth-order valence-corrected chi connectivity index (χ4v) is 3.62. The molecule has 0 saturated heterocycles. The number of nitrogens with zero attached hydrogens (tertiary/aromatic N) is 4. The van der Waals surface area contributed by atoms with E-state index in [-0.39, 0.29) is 0 Å². The molecule has 0 spiro atoms. The van der Waals surface area contributed by atoms with Crippen molar-refractivity contribution in [1.82, 2.24) is 15.3 Å². The van der Waals surface area contributed by atoms with E-state index in [1.165, 1.54) is 0 Å². The third-order valence-electron chi connectivity index (χ3n) is 4.26. The maximum Gasteiger partial charge on any atom is 0.0732 e. The number of nitrogens with one attached hydrogen (secondary N) is 1. The molecule has 0 aliphatic rings. The molecular weight excluding hydrogens is 402 g/mol. The number of allylic oxidation sites excluding steroid dienone is 1. The Labute approximate surface area is 189 Å². The van der Waals surface area contributed by atoms with Gasteiger partial charge in [0.25, 0.3) is 0 Å². The number of aryl methyl sites for hydroxylation is 2. The van der Waals surface area contributed by atoms with Gasteiger partial charge in [-0.3, -0.25) is 20.0 Å². The second-order valence-corrected chi connectivity index (χ2v) is 8.02. The predicted octanol–water partition coefficient (Wildman–Crippen LogP) is 5.80. The number of hydrogen-bond acceptors (Lipinski definition) is 6. The van der Waals surface area contributed by atoms with Gasteiger partial charge in [0.05, 0.1) is 5.69 Å². The van der Waals surface area contributed by atoms with Gasteiger partial charge in [0, 0.05) is 65.2 Å². The SMILES string of the molecule is C=CC=N/C=C(\C)CS/C(=C\N=C)C(=C)NCc1cnc(-c2ccnc(C)c2)c(C)c1. The Morgan fingerprint density at radius 1 is 1.23 bits per heavy atom. The van der Waals surface area contributed by atoms with Gasteiger partial charge in [0.15, 0.2) is 0 Å². The molecule has 1 N–H and O–H groups in total. The summed E-state index contributed by atoms with van der Waals surface area (Å²) in [5.41, 5.74) is 7.16. The molecule has 0 saturated carbocycles. The monoisotopic (exact) mass is 431 g/mol. The molecular formula is C25H29N5S. The van der Waals surface area contributed by atoms with Crippen molar-refractivity contribution in [3.05, 3.63) is 95.2 Å². The summed E-state index contributed by atoms with van der Waals surface area (Å²) < 4.78 is 0. The quantitative estimate of drug-likeness (QED) is 0.361. The number of pyridine rings is 2. The van der Waals surface area contributed by atoms with Gasteiger partial charge in [-0.15, -0.1) is 11.8 Å². The summed E-state index contributed by atoms with van der Waals surface area (Å²) in [5, 5.41) is 3.37. The van der Waals surface area contributed by atoms with Crippen LogP contribution < -0.4 is 5.32 Å². The summed E-state index contributed by atoms with van der Waals surface area (Å²) >= 11 is 1.64. The number of thioether (sulfide) groups is 1. The Kier molecular flexibility index (Phi) is 9.65. The first kappa shape index (κ1) is 24.0. The molecule has 0 radical (unpaired) electrons. The van der Waals surface area contributed by atoms with E-state index in [0.29, 0.717) is 6.54 Å². The fourth-order valence-electron chi connectivity index (χ4n) is 2.77. The fraction of sp³-hybridized carbons (Fsp3) is 0.200. The van der Waals surface area contributed by atoms with Crippen LogP contribution in [-0.2, 0) is 6.54 Å². The van der Waals surface area contributed by atoms with E-state index in [2.05, 4.69) is 58.1 Å². The van der Waals surface area contributed by atoms with Gasteiger partial charge in [0.2, 0.25) is 0 Å². The molecule has 0 atom stereocenters. The van der Waals surface area contributed by atoms with E-state index in [9.17, 15) is 0 Å². The minimum Gasteiger partial charge on any atom is -0.380 e. The van der Waals surface area contributed by atoms with Crippen LogP contribution >= 0.6 is 11.8 Å². The lowest BCUT2D eigenvalue weighted by atomic mass is 10.1. The van der Waals surface area contributed by atoms with E-state index in [1.807, 2.05) is 44.6 Å². The molecule has 160 valence electrons. The highest BCUT2D eigenvalue weighted by Gasteiger charge is 2.08. The molecule has 0 aromatic carbocycles. The number of aromatic nitrogens is 2. The molecule has 0 aliphatic carbocycles. The second-order valence-electron chi connectivity index (χ2n) is 7.00. The van der Waals surface area contributed by atoms with Crippen LogP contribution in [0.1, 0.15) is 23.7 Å². The van der Waals surface area contributed by atoms with Gasteiger partial charge in [-0.2, -0.15) is 0 Å². The largest absolute Gasteiger partial charge is 0.380 e. The Balaban J connectivity index is 2.01. The summed E-state index contributed by atoms with van der Waals surface area (Å²) in [6.45, 7) is 18.1. The van der Waals surface area contributed by atoms with Gasteiger partial charge in [-0.1, -0.05) is 25.3 Å². The van der Waals surface area contributed by atoms with Crippen molar-refractivity contribution >= 4 is 24.7 Å². The Morgan fingerprint density at radius 3 is 2.71 bits per heavy atom. The first-order valence-electron chi connectivity index (χ1n) is 9.85. The molecule has 2 heterocycles. The first-order valence-corrected chi connectivity index (χ1v) is 10.8. The maximum absolute atomic E-state index is 4.67. The third-order valence-corrected chi connectivity index (χ3v) is 5.52. The lowest BCUT2D eigenvalue weighted by molar-refractivity contribution is 0.827. The topological polar surface area (TPSA) is 62.5 Å². The van der Waals surface area contributed by atoms with Gasteiger partial charge in [0.1, 0.15) is 0 Å². The molecule has 6 heteroatoms. The normalized spacial score (nSPS) is 12.1. The van der Waals surface area contributed by atoms with Gasteiger partial charge in [-0.05, 0) is 56.3 Å².